The number of aromatic nitrogens is 1. The molecule has 0 saturated carbocycles. The van der Waals surface area contributed by atoms with E-state index in [2.05, 4.69) is 4.98 Å². The van der Waals surface area contributed by atoms with Crippen LogP contribution in [0.4, 0.5) is 5.82 Å². The Morgan fingerprint density at radius 3 is 2.42 bits per heavy atom. The van der Waals surface area contributed by atoms with Gasteiger partial charge in [0, 0.05) is 36.4 Å². The van der Waals surface area contributed by atoms with E-state index in [0.717, 1.165) is 5.82 Å². The summed E-state index contributed by atoms with van der Waals surface area (Å²) < 4.78 is 0. The summed E-state index contributed by atoms with van der Waals surface area (Å²) >= 11 is 11.8. The fraction of sp³-hybridized carbons (Fsp3) is 0.143. The minimum Gasteiger partial charge on any atom is -0.363 e. The molecule has 1 aromatic heterocycles. The second-order valence-corrected chi connectivity index (χ2v) is 5.10. The molecule has 0 unspecified atom stereocenters. The number of rotatable bonds is 3. The number of hydrogen-bond acceptors (Lipinski definition) is 3. The molecule has 0 amide bonds. The SMILES string of the molecule is CN(C)c1ccc(C(=O)c2ccc(Cl)cc2Cl)cn1. The summed E-state index contributed by atoms with van der Waals surface area (Å²) in [5, 5.41) is 0.844. The number of carbonyl (C=O) groups is 1. The van der Waals surface area contributed by atoms with Crippen LogP contribution in [0.1, 0.15) is 15.9 Å². The minimum atomic E-state index is -0.167. The van der Waals surface area contributed by atoms with E-state index in [1.807, 2.05) is 19.0 Å². The Balaban J connectivity index is 2.33. The van der Waals surface area contributed by atoms with Crippen molar-refractivity contribution >= 4 is 34.8 Å². The summed E-state index contributed by atoms with van der Waals surface area (Å²) in [5.74, 6) is 0.623. The van der Waals surface area contributed by atoms with Gasteiger partial charge in [0.25, 0.3) is 0 Å². The zero-order valence-corrected chi connectivity index (χ0v) is 12.0. The highest BCUT2D eigenvalue weighted by Gasteiger charge is 2.13. The van der Waals surface area contributed by atoms with Crippen LogP contribution in [0.15, 0.2) is 36.5 Å². The number of nitrogens with zero attached hydrogens (tertiary/aromatic N) is 2. The Labute approximate surface area is 121 Å². The molecule has 1 aromatic carbocycles. The lowest BCUT2D eigenvalue weighted by atomic mass is 10.1. The van der Waals surface area contributed by atoms with E-state index in [9.17, 15) is 4.79 Å². The second-order valence-electron chi connectivity index (χ2n) is 4.25. The molecule has 98 valence electrons. The van der Waals surface area contributed by atoms with Gasteiger partial charge in [-0.15, -0.1) is 0 Å². The number of pyridine rings is 1. The summed E-state index contributed by atoms with van der Waals surface area (Å²) in [6.45, 7) is 0. The van der Waals surface area contributed by atoms with E-state index in [0.29, 0.717) is 21.2 Å². The average Bonchev–Trinajstić information content (AvgIpc) is 2.38. The van der Waals surface area contributed by atoms with Gasteiger partial charge in [0.05, 0.1) is 5.02 Å². The quantitative estimate of drug-likeness (QED) is 0.810. The first-order chi connectivity index (χ1) is 8.99. The van der Waals surface area contributed by atoms with Crippen molar-refractivity contribution in [3.8, 4) is 0 Å². The fourth-order valence-electron chi connectivity index (χ4n) is 1.61. The molecule has 0 saturated heterocycles. The third kappa shape index (κ3) is 3.06. The first-order valence-electron chi connectivity index (χ1n) is 5.62. The number of halogens is 2. The Hall–Kier alpha value is -1.58. The molecule has 0 spiro atoms. The summed E-state index contributed by atoms with van der Waals surface area (Å²) in [7, 11) is 3.78. The van der Waals surface area contributed by atoms with Crippen molar-refractivity contribution in [1.82, 2.24) is 4.98 Å². The summed E-state index contributed by atoms with van der Waals surface area (Å²) in [4.78, 5) is 18.4. The fourth-order valence-corrected chi connectivity index (χ4v) is 2.11. The second kappa shape index (κ2) is 5.59. The van der Waals surface area contributed by atoms with Gasteiger partial charge in [0.2, 0.25) is 0 Å². The Bertz CT molecular complexity index is 609. The largest absolute Gasteiger partial charge is 0.363 e. The van der Waals surface area contributed by atoms with Gasteiger partial charge < -0.3 is 4.90 Å². The van der Waals surface area contributed by atoms with Crippen LogP contribution >= 0.6 is 23.2 Å². The first-order valence-corrected chi connectivity index (χ1v) is 6.38. The van der Waals surface area contributed by atoms with E-state index < -0.39 is 0 Å². The molecule has 5 heteroatoms. The summed E-state index contributed by atoms with van der Waals surface area (Å²) in [6.07, 6.45) is 1.54. The zero-order chi connectivity index (χ0) is 14.0. The maximum Gasteiger partial charge on any atom is 0.196 e. The summed E-state index contributed by atoms with van der Waals surface area (Å²) in [5.41, 5.74) is 0.917. The lowest BCUT2D eigenvalue weighted by Crippen LogP contribution is -2.11. The Morgan fingerprint density at radius 1 is 1.16 bits per heavy atom. The van der Waals surface area contributed by atoms with Crippen molar-refractivity contribution in [2.24, 2.45) is 0 Å². The van der Waals surface area contributed by atoms with E-state index in [4.69, 9.17) is 23.2 Å². The van der Waals surface area contributed by atoms with E-state index in [-0.39, 0.29) is 5.78 Å². The van der Waals surface area contributed by atoms with Gasteiger partial charge in [-0.05, 0) is 30.3 Å². The topological polar surface area (TPSA) is 33.2 Å². The molecule has 0 bridgehead atoms. The van der Waals surface area contributed by atoms with Gasteiger partial charge in [-0.1, -0.05) is 23.2 Å². The molecule has 0 N–H and O–H groups in total. The molecule has 2 aromatic rings. The van der Waals surface area contributed by atoms with Crippen LogP contribution in [-0.4, -0.2) is 24.9 Å². The van der Waals surface area contributed by atoms with Gasteiger partial charge in [-0.2, -0.15) is 0 Å². The molecule has 2 rings (SSSR count). The lowest BCUT2D eigenvalue weighted by Gasteiger charge is -2.11. The average molecular weight is 295 g/mol. The molecular weight excluding hydrogens is 283 g/mol. The molecule has 0 radical (unpaired) electrons. The van der Waals surface area contributed by atoms with Crippen molar-refractivity contribution in [3.05, 3.63) is 57.7 Å². The molecular formula is C14H12Cl2N2O. The number of anilines is 1. The van der Waals surface area contributed by atoms with Crippen LogP contribution in [0.5, 0.6) is 0 Å². The van der Waals surface area contributed by atoms with Gasteiger partial charge in [-0.25, -0.2) is 4.98 Å². The third-order valence-corrected chi connectivity index (χ3v) is 3.19. The monoisotopic (exact) mass is 294 g/mol. The molecule has 3 nitrogen and oxygen atoms in total. The van der Waals surface area contributed by atoms with Gasteiger partial charge in [0.15, 0.2) is 5.78 Å². The van der Waals surface area contributed by atoms with Gasteiger partial charge >= 0.3 is 0 Å². The van der Waals surface area contributed by atoms with E-state index in [1.54, 1.807) is 36.5 Å². The first kappa shape index (κ1) is 13.8. The predicted octanol–water partition coefficient (Wildman–Crippen LogP) is 3.69. The van der Waals surface area contributed by atoms with Crippen LogP contribution in [-0.2, 0) is 0 Å². The number of carbonyl (C=O) groups excluding carboxylic acids is 1. The standard InChI is InChI=1S/C14H12Cl2N2O/c1-18(2)13-6-3-9(8-17-13)14(19)11-5-4-10(15)7-12(11)16/h3-8H,1-2H3. The van der Waals surface area contributed by atoms with Crippen LogP contribution in [0.3, 0.4) is 0 Å². The maximum absolute atomic E-state index is 12.3. The molecule has 1 heterocycles. The normalized spacial score (nSPS) is 10.3. The van der Waals surface area contributed by atoms with Gasteiger partial charge in [0.1, 0.15) is 5.82 Å². The van der Waals surface area contributed by atoms with Crippen LogP contribution in [0.2, 0.25) is 10.0 Å². The van der Waals surface area contributed by atoms with Crippen molar-refractivity contribution < 1.29 is 4.79 Å². The Kier molecular flexibility index (Phi) is 4.08. The van der Waals surface area contributed by atoms with Crippen molar-refractivity contribution in [1.29, 1.82) is 0 Å². The molecule has 0 atom stereocenters. The maximum atomic E-state index is 12.3. The Morgan fingerprint density at radius 2 is 1.89 bits per heavy atom. The molecule has 0 aliphatic carbocycles. The number of ketones is 1. The third-order valence-electron chi connectivity index (χ3n) is 2.64. The lowest BCUT2D eigenvalue weighted by molar-refractivity contribution is 0.103. The zero-order valence-electron chi connectivity index (χ0n) is 10.5. The minimum absolute atomic E-state index is 0.167. The van der Waals surface area contributed by atoms with Crippen molar-refractivity contribution in [2.45, 2.75) is 0 Å². The smallest absolute Gasteiger partial charge is 0.196 e. The van der Waals surface area contributed by atoms with Crippen LogP contribution < -0.4 is 4.90 Å². The van der Waals surface area contributed by atoms with Crippen molar-refractivity contribution in [2.75, 3.05) is 19.0 Å². The number of benzene rings is 1. The van der Waals surface area contributed by atoms with E-state index in [1.165, 1.54) is 0 Å². The molecule has 0 aliphatic rings. The van der Waals surface area contributed by atoms with Crippen LogP contribution in [0, 0.1) is 0 Å². The predicted molar refractivity (Wildman–Crippen MR) is 78.5 cm³/mol. The highest BCUT2D eigenvalue weighted by molar-refractivity contribution is 6.37. The highest BCUT2D eigenvalue weighted by atomic mass is 35.5. The van der Waals surface area contributed by atoms with Crippen LogP contribution in [0.25, 0.3) is 0 Å². The van der Waals surface area contributed by atoms with Gasteiger partial charge in [-0.3, -0.25) is 4.79 Å². The molecule has 19 heavy (non-hydrogen) atoms. The highest BCUT2D eigenvalue weighted by Crippen LogP contribution is 2.23. The molecule has 0 fully saturated rings. The van der Waals surface area contributed by atoms with Crippen molar-refractivity contribution in [3.63, 3.8) is 0 Å². The summed E-state index contributed by atoms with van der Waals surface area (Å²) in [6, 6.07) is 8.33. The molecule has 0 aliphatic heterocycles. The van der Waals surface area contributed by atoms with E-state index >= 15 is 0 Å². The number of hydrogen-bond donors (Lipinski definition) is 0.